The molecular weight excluding hydrogens is 609 g/mol. The summed E-state index contributed by atoms with van der Waals surface area (Å²) >= 11 is 0. The van der Waals surface area contributed by atoms with Crippen molar-refractivity contribution in [3.05, 3.63) is 182 Å². The predicted molar refractivity (Wildman–Crippen MR) is 207 cm³/mol. The second kappa shape index (κ2) is 11.4. The van der Waals surface area contributed by atoms with Gasteiger partial charge in [-0.05, 0) is 65.7 Å². The Hall–Kier alpha value is -6.78. The molecule has 0 aliphatic rings. The Balaban J connectivity index is 1.17. The molecule has 0 radical (unpaired) electrons. The molecule has 0 amide bonds. The van der Waals surface area contributed by atoms with Crippen LogP contribution in [0.1, 0.15) is 6.85 Å². The molecule has 50 heavy (non-hydrogen) atoms. The van der Waals surface area contributed by atoms with E-state index >= 15 is 0 Å². The van der Waals surface area contributed by atoms with Gasteiger partial charge in [0.1, 0.15) is 0 Å². The maximum absolute atomic E-state index is 8.75. The average Bonchev–Trinajstić information content (AvgIpc) is 3.75. The van der Waals surface area contributed by atoms with E-state index in [2.05, 4.69) is 71.3 Å². The largest absolute Gasteiger partial charge is 0.309 e. The fourth-order valence-corrected chi connectivity index (χ4v) is 7.16. The van der Waals surface area contributed by atoms with Crippen LogP contribution in [0.2, 0.25) is 0 Å². The zero-order chi connectivity index (χ0) is 37.4. The van der Waals surface area contributed by atoms with Crippen LogP contribution in [-0.4, -0.2) is 19.1 Å². The number of aromatic nitrogens is 4. The third-order valence-electron chi connectivity index (χ3n) is 9.44. The molecule has 0 unspecified atom stereocenters. The molecule has 7 aromatic carbocycles. The molecule has 0 spiro atoms. The smallest absolute Gasteiger partial charge is 0.235 e. The lowest BCUT2D eigenvalue weighted by Crippen LogP contribution is -2.03. The van der Waals surface area contributed by atoms with Gasteiger partial charge in [-0.15, -0.1) is 0 Å². The summed E-state index contributed by atoms with van der Waals surface area (Å²) in [7, 11) is 0. The van der Waals surface area contributed by atoms with Gasteiger partial charge in [0, 0.05) is 38.4 Å². The van der Waals surface area contributed by atoms with Crippen molar-refractivity contribution in [1.29, 1.82) is 0 Å². The van der Waals surface area contributed by atoms with Gasteiger partial charge in [0.25, 0.3) is 0 Å². The summed E-state index contributed by atoms with van der Waals surface area (Å²) in [5, 5.41) is 3.98. The zero-order valence-corrected chi connectivity index (χ0v) is 26.7. The van der Waals surface area contributed by atoms with E-state index < -0.39 is 6.04 Å². The van der Waals surface area contributed by atoms with Crippen molar-refractivity contribution in [3.8, 4) is 45.3 Å². The van der Waals surface area contributed by atoms with E-state index in [4.69, 9.17) is 16.8 Å². The van der Waals surface area contributed by atoms with Gasteiger partial charge < -0.3 is 4.57 Å². The molecule has 0 saturated heterocycles. The van der Waals surface area contributed by atoms with Gasteiger partial charge >= 0.3 is 0 Å². The van der Waals surface area contributed by atoms with Gasteiger partial charge in [-0.2, -0.15) is 0 Å². The van der Waals surface area contributed by atoms with Gasteiger partial charge in [0.2, 0.25) is 5.95 Å². The number of rotatable bonds is 5. The maximum atomic E-state index is 8.75. The molecular formula is C46H30N4. The lowest BCUT2D eigenvalue weighted by molar-refractivity contribution is 0.995. The Morgan fingerprint density at radius 1 is 0.380 bits per heavy atom. The van der Waals surface area contributed by atoms with E-state index in [1.165, 1.54) is 0 Å². The van der Waals surface area contributed by atoms with Gasteiger partial charge in [0.15, 0.2) is 0 Å². The van der Waals surface area contributed by atoms with Crippen LogP contribution in [0, 0.1) is 0 Å². The van der Waals surface area contributed by atoms with Crippen molar-refractivity contribution >= 4 is 43.6 Å². The van der Waals surface area contributed by atoms with Crippen LogP contribution >= 0.6 is 0 Å². The lowest BCUT2D eigenvalue weighted by Gasteiger charge is -2.12. The number of fused-ring (bicyclic) bond motifs is 6. The van der Waals surface area contributed by atoms with Crippen LogP contribution in [-0.2, 0) is 0 Å². The van der Waals surface area contributed by atoms with Crippen molar-refractivity contribution in [3.63, 3.8) is 0 Å². The summed E-state index contributed by atoms with van der Waals surface area (Å²) in [4.78, 5) is 10.3. The Labute approximate surface area is 296 Å². The first kappa shape index (κ1) is 23.5. The minimum Gasteiger partial charge on any atom is -0.309 e. The second-order valence-electron chi connectivity index (χ2n) is 12.3. The SMILES string of the molecule is [2H]c1c([2H])c([2H])c(-n2c3ccccc3c3cc(-c4ccc5c(c4)c4ccccc4n5-c4nc(-c5ccccc5)cc(-c5ccccc5)n4)ccc32)c([2H])c1[2H]. The topological polar surface area (TPSA) is 35.6 Å². The Bertz CT molecular complexity index is 3070. The first-order chi connectivity index (χ1) is 26.9. The van der Waals surface area contributed by atoms with Gasteiger partial charge in [-0.25, -0.2) is 9.97 Å². The van der Waals surface area contributed by atoms with Gasteiger partial charge in [0.05, 0.1) is 40.3 Å². The number of hydrogen-bond donors (Lipinski definition) is 0. The molecule has 10 aromatic rings. The van der Waals surface area contributed by atoms with Crippen LogP contribution in [0.25, 0.3) is 88.9 Å². The van der Waals surface area contributed by atoms with Crippen molar-refractivity contribution < 1.29 is 6.85 Å². The highest BCUT2D eigenvalue weighted by atomic mass is 15.2. The van der Waals surface area contributed by atoms with Crippen molar-refractivity contribution in [1.82, 2.24) is 19.1 Å². The van der Waals surface area contributed by atoms with Gasteiger partial charge in [-0.3, -0.25) is 4.57 Å². The molecule has 0 bridgehead atoms. The van der Waals surface area contributed by atoms with Crippen LogP contribution in [0.3, 0.4) is 0 Å². The summed E-state index contributed by atoms with van der Waals surface area (Å²) in [6, 6.07) is 49.5. The summed E-state index contributed by atoms with van der Waals surface area (Å²) in [6.07, 6.45) is 0. The second-order valence-corrected chi connectivity index (χ2v) is 12.3. The van der Waals surface area contributed by atoms with E-state index in [1.54, 1.807) is 4.57 Å². The molecule has 10 rings (SSSR count). The molecule has 0 atom stereocenters. The molecule has 0 fully saturated rings. The molecule has 234 valence electrons. The van der Waals surface area contributed by atoms with E-state index in [0.717, 1.165) is 77.3 Å². The van der Waals surface area contributed by atoms with Gasteiger partial charge in [-0.1, -0.05) is 127 Å². The third-order valence-corrected chi connectivity index (χ3v) is 9.44. The van der Waals surface area contributed by atoms with Crippen LogP contribution in [0.5, 0.6) is 0 Å². The molecule has 0 aliphatic heterocycles. The van der Waals surface area contributed by atoms with Crippen molar-refractivity contribution in [2.45, 2.75) is 0 Å². The highest BCUT2D eigenvalue weighted by molar-refractivity contribution is 6.12. The summed E-state index contributed by atoms with van der Waals surface area (Å²) in [5.41, 5.74) is 9.32. The predicted octanol–water partition coefficient (Wildman–Crippen LogP) is 11.7. The number of hydrogen-bond acceptors (Lipinski definition) is 2. The summed E-state index contributed by atoms with van der Waals surface area (Å²) < 4.78 is 46.3. The van der Waals surface area contributed by atoms with Crippen LogP contribution < -0.4 is 0 Å². The highest BCUT2D eigenvalue weighted by Crippen LogP contribution is 2.38. The third kappa shape index (κ3) is 4.54. The molecule has 3 heterocycles. The fourth-order valence-electron chi connectivity index (χ4n) is 7.16. The lowest BCUT2D eigenvalue weighted by atomic mass is 10.0. The number of nitrogens with zero attached hydrogens (tertiary/aromatic N) is 4. The molecule has 3 aromatic heterocycles. The first-order valence-electron chi connectivity index (χ1n) is 19.0. The molecule has 0 saturated carbocycles. The highest BCUT2D eigenvalue weighted by Gasteiger charge is 2.18. The summed E-state index contributed by atoms with van der Waals surface area (Å²) in [5.74, 6) is 0.584. The molecule has 4 heteroatoms. The van der Waals surface area contributed by atoms with Crippen molar-refractivity contribution in [2.24, 2.45) is 0 Å². The fraction of sp³-hybridized carbons (Fsp3) is 0. The van der Waals surface area contributed by atoms with Crippen LogP contribution in [0.15, 0.2) is 182 Å². The zero-order valence-electron chi connectivity index (χ0n) is 31.7. The minimum atomic E-state index is -0.411. The quantitative estimate of drug-likeness (QED) is 0.187. The standard InChI is InChI=1S/C46H30N4/c1-4-14-31(15-5-1)40-30-41(32-16-6-2-7-17-32)48-46(47-40)50-43-23-13-11-21-37(43)39-29-34(25-27-45(39)50)33-24-26-44-38(28-33)36-20-10-12-22-42(36)49(44)35-18-8-3-9-19-35/h1-30H/i3D,8D,9D,18D,19D. The van der Waals surface area contributed by atoms with E-state index in [9.17, 15) is 0 Å². The van der Waals surface area contributed by atoms with E-state index in [-0.39, 0.29) is 29.9 Å². The van der Waals surface area contributed by atoms with E-state index in [1.807, 2.05) is 84.9 Å². The normalized spacial score (nSPS) is 13.0. The Morgan fingerprint density at radius 3 is 1.40 bits per heavy atom. The monoisotopic (exact) mass is 643 g/mol. The number of para-hydroxylation sites is 3. The van der Waals surface area contributed by atoms with Crippen molar-refractivity contribution in [2.75, 3.05) is 0 Å². The number of benzene rings is 7. The Kier molecular flexibility index (Phi) is 5.38. The first-order valence-corrected chi connectivity index (χ1v) is 16.5. The Morgan fingerprint density at radius 2 is 0.840 bits per heavy atom. The average molecular weight is 644 g/mol. The summed E-state index contributed by atoms with van der Waals surface area (Å²) in [6.45, 7) is 0. The van der Waals surface area contributed by atoms with Crippen LogP contribution in [0.4, 0.5) is 0 Å². The molecule has 0 N–H and O–H groups in total. The maximum Gasteiger partial charge on any atom is 0.235 e. The van der Waals surface area contributed by atoms with E-state index in [0.29, 0.717) is 5.95 Å². The minimum absolute atomic E-state index is 0.133. The molecule has 0 aliphatic carbocycles. The molecule has 4 nitrogen and oxygen atoms in total.